The van der Waals surface area contributed by atoms with Crippen LogP contribution >= 0.6 is 23.4 Å². The number of para-hydroxylation sites is 1. The largest absolute Gasteiger partial charge is 0.484 e. The third-order valence-electron chi connectivity index (χ3n) is 4.15. The molecule has 1 fully saturated rings. The van der Waals surface area contributed by atoms with E-state index in [1.807, 2.05) is 36.4 Å². The molecule has 3 rings (SSSR count). The Morgan fingerprint density at radius 1 is 1.18 bits per heavy atom. The Morgan fingerprint density at radius 2 is 1.93 bits per heavy atom. The van der Waals surface area contributed by atoms with Gasteiger partial charge in [0.25, 0.3) is 5.91 Å². The van der Waals surface area contributed by atoms with Crippen LogP contribution in [0.4, 0.5) is 0 Å². The van der Waals surface area contributed by atoms with Gasteiger partial charge in [0.2, 0.25) is 0 Å². The minimum atomic E-state index is -0.664. The Labute approximate surface area is 174 Å². The first-order chi connectivity index (χ1) is 13.5. The molecule has 5 nitrogen and oxygen atoms in total. The highest BCUT2D eigenvalue weighted by Crippen LogP contribution is 2.42. The maximum Gasteiger partial charge on any atom is 0.330 e. The van der Waals surface area contributed by atoms with E-state index in [1.165, 1.54) is 11.8 Å². The van der Waals surface area contributed by atoms with Crippen molar-refractivity contribution >= 4 is 35.2 Å². The van der Waals surface area contributed by atoms with Crippen LogP contribution in [0.1, 0.15) is 24.8 Å². The van der Waals surface area contributed by atoms with Crippen LogP contribution in [0.3, 0.4) is 0 Å². The molecule has 148 valence electrons. The number of carbonyl (C=O) groups is 2. The summed E-state index contributed by atoms with van der Waals surface area (Å²) >= 11 is 7.65. The number of benzene rings is 2. The van der Waals surface area contributed by atoms with Crippen molar-refractivity contribution in [2.45, 2.75) is 31.4 Å². The summed E-state index contributed by atoms with van der Waals surface area (Å²) in [5.74, 6) is 0.382. The Hall–Kier alpha value is -2.18. The Bertz CT molecular complexity index is 830. The van der Waals surface area contributed by atoms with Crippen LogP contribution in [-0.4, -0.2) is 41.3 Å². The summed E-state index contributed by atoms with van der Waals surface area (Å²) in [6.45, 7) is 3.42. The van der Waals surface area contributed by atoms with Gasteiger partial charge in [0, 0.05) is 10.8 Å². The van der Waals surface area contributed by atoms with Crippen LogP contribution in [0.5, 0.6) is 5.75 Å². The number of carbonyl (C=O) groups excluding carboxylic acids is 2. The Kier molecular flexibility index (Phi) is 6.86. The molecule has 0 spiro atoms. The van der Waals surface area contributed by atoms with Crippen molar-refractivity contribution in [3.63, 3.8) is 0 Å². The van der Waals surface area contributed by atoms with Gasteiger partial charge in [-0.15, -0.1) is 11.8 Å². The zero-order valence-electron chi connectivity index (χ0n) is 15.7. The van der Waals surface area contributed by atoms with Crippen LogP contribution < -0.4 is 4.74 Å². The van der Waals surface area contributed by atoms with Gasteiger partial charge in [0.05, 0.1) is 6.10 Å². The Balaban J connectivity index is 1.81. The third-order valence-corrected chi connectivity index (χ3v) is 5.71. The molecular formula is C21H22ClNO4S. The van der Waals surface area contributed by atoms with E-state index < -0.39 is 12.0 Å². The van der Waals surface area contributed by atoms with Crippen LogP contribution in [0.15, 0.2) is 54.6 Å². The fourth-order valence-corrected chi connectivity index (χ4v) is 4.58. The molecule has 0 aromatic heterocycles. The first-order valence-corrected chi connectivity index (χ1v) is 10.4. The predicted octanol–water partition coefficient (Wildman–Crippen LogP) is 4.31. The minimum absolute atomic E-state index is 0.160. The van der Waals surface area contributed by atoms with E-state index in [1.54, 1.807) is 36.9 Å². The SMILES string of the molecule is CC(C)OC(=O)C1CSC(c2cccc(Cl)c2)N1C(=O)COc1ccccc1. The molecule has 1 heterocycles. The van der Waals surface area contributed by atoms with Crippen molar-refractivity contribution in [2.75, 3.05) is 12.4 Å². The topological polar surface area (TPSA) is 55.8 Å². The van der Waals surface area contributed by atoms with Gasteiger partial charge in [0.15, 0.2) is 6.61 Å². The van der Waals surface area contributed by atoms with Gasteiger partial charge in [-0.25, -0.2) is 4.79 Å². The summed E-state index contributed by atoms with van der Waals surface area (Å²) in [6, 6.07) is 15.8. The summed E-state index contributed by atoms with van der Waals surface area (Å²) in [5.41, 5.74) is 0.866. The lowest BCUT2D eigenvalue weighted by atomic mass is 10.1. The first kappa shape index (κ1) is 20.6. The van der Waals surface area contributed by atoms with E-state index in [4.69, 9.17) is 21.1 Å². The molecule has 0 saturated carbocycles. The van der Waals surface area contributed by atoms with Gasteiger partial charge in [-0.1, -0.05) is 41.9 Å². The molecule has 2 aromatic rings. The van der Waals surface area contributed by atoms with E-state index in [0.29, 0.717) is 16.5 Å². The number of amides is 1. The third kappa shape index (κ3) is 5.00. The fraction of sp³-hybridized carbons (Fsp3) is 0.333. The molecule has 28 heavy (non-hydrogen) atoms. The summed E-state index contributed by atoms with van der Waals surface area (Å²) in [4.78, 5) is 27.2. The van der Waals surface area contributed by atoms with Gasteiger partial charge in [-0.2, -0.15) is 0 Å². The molecule has 0 radical (unpaired) electrons. The second-order valence-electron chi connectivity index (χ2n) is 6.64. The van der Waals surface area contributed by atoms with Crippen molar-refractivity contribution in [1.82, 2.24) is 4.90 Å². The lowest BCUT2D eigenvalue weighted by molar-refractivity contribution is -0.157. The second kappa shape index (κ2) is 9.34. The number of thioether (sulfide) groups is 1. The molecule has 0 N–H and O–H groups in total. The standard InChI is InChI=1S/C21H22ClNO4S/c1-14(2)27-21(25)18-13-28-20(15-7-6-8-16(22)11-15)23(18)19(24)12-26-17-9-4-3-5-10-17/h3-11,14,18,20H,12-13H2,1-2H3. The highest BCUT2D eigenvalue weighted by Gasteiger charge is 2.43. The highest BCUT2D eigenvalue weighted by atomic mass is 35.5. The van der Waals surface area contributed by atoms with Gasteiger partial charge < -0.3 is 14.4 Å². The number of esters is 1. The number of rotatable bonds is 6. The lowest BCUT2D eigenvalue weighted by Gasteiger charge is -2.29. The summed E-state index contributed by atoms with van der Waals surface area (Å²) in [5, 5.41) is 0.259. The first-order valence-electron chi connectivity index (χ1n) is 9.02. The van der Waals surface area contributed by atoms with Crippen LogP contribution in [0.25, 0.3) is 0 Å². The quantitative estimate of drug-likeness (QED) is 0.653. The molecule has 1 amide bonds. The zero-order valence-corrected chi connectivity index (χ0v) is 17.3. The maximum atomic E-state index is 13.0. The number of hydrogen-bond donors (Lipinski definition) is 0. The molecular weight excluding hydrogens is 398 g/mol. The van der Waals surface area contributed by atoms with Crippen LogP contribution in [0, 0.1) is 0 Å². The monoisotopic (exact) mass is 419 g/mol. The normalized spacial score (nSPS) is 18.9. The predicted molar refractivity (Wildman–Crippen MR) is 110 cm³/mol. The Morgan fingerprint density at radius 3 is 2.61 bits per heavy atom. The fourth-order valence-electron chi connectivity index (χ4n) is 2.96. The number of ether oxygens (including phenoxy) is 2. The van der Waals surface area contributed by atoms with Crippen LogP contribution in [-0.2, 0) is 14.3 Å². The van der Waals surface area contributed by atoms with E-state index in [-0.39, 0.29) is 24.0 Å². The van der Waals surface area contributed by atoms with E-state index in [9.17, 15) is 9.59 Å². The van der Waals surface area contributed by atoms with Gasteiger partial charge in [0.1, 0.15) is 17.2 Å². The molecule has 7 heteroatoms. The molecule has 2 aromatic carbocycles. The van der Waals surface area contributed by atoms with Gasteiger partial charge >= 0.3 is 5.97 Å². The minimum Gasteiger partial charge on any atom is -0.484 e. The average Bonchev–Trinajstić information content (AvgIpc) is 3.12. The molecule has 0 bridgehead atoms. The molecule has 2 unspecified atom stereocenters. The summed E-state index contributed by atoms with van der Waals surface area (Å²) in [7, 11) is 0. The van der Waals surface area contributed by atoms with Crippen molar-refractivity contribution in [2.24, 2.45) is 0 Å². The molecule has 0 aliphatic carbocycles. The molecule has 1 aliphatic rings. The van der Waals surface area contributed by atoms with Crippen LogP contribution in [0.2, 0.25) is 5.02 Å². The van der Waals surface area contributed by atoms with E-state index in [2.05, 4.69) is 0 Å². The molecule has 1 aliphatic heterocycles. The van der Waals surface area contributed by atoms with Gasteiger partial charge in [-0.3, -0.25) is 4.79 Å². The molecule has 2 atom stereocenters. The lowest BCUT2D eigenvalue weighted by Crippen LogP contribution is -2.46. The number of hydrogen-bond acceptors (Lipinski definition) is 5. The molecule has 1 saturated heterocycles. The smallest absolute Gasteiger partial charge is 0.330 e. The van der Waals surface area contributed by atoms with Crippen molar-refractivity contribution in [3.05, 3.63) is 65.2 Å². The van der Waals surface area contributed by atoms with E-state index >= 15 is 0 Å². The van der Waals surface area contributed by atoms with Crippen molar-refractivity contribution in [1.29, 1.82) is 0 Å². The van der Waals surface area contributed by atoms with Crippen molar-refractivity contribution < 1.29 is 19.1 Å². The van der Waals surface area contributed by atoms with E-state index in [0.717, 1.165) is 5.56 Å². The average molecular weight is 420 g/mol. The highest BCUT2D eigenvalue weighted by molar-refractivity contribution is 7.99. The maximum absolute atomic E-state index is 13.0. The van der Waals surface area contributed by atoms with Gasteiger partial charge in [-0.05, 0) is 43.7 Å². The van der Waals surface area contributed by atoms with Crippen molar-refractivity contribution in [3.8, 4) is 5.75 Å². The summed E-state index contributed by atoms with van der Waals surface area (Å²) in [6.07, 6.45) is -0.250. The number of nitrogens with zero attached hydrogens (tertiary/aromatic N) is 1. The zero-order chi connectivity index (χ0) is 20.1. The summed E-state index contributed by atoms with van der Waals surface area (Å²) < 4.78 is 11.0. The second-order valence-corrected chi connectivity index (χ2v) is 8.19. The number of halogens is 1.